The van der Waals surface area contributed by atoms with Crippen molar-refractivity contribution in [3.63, 3.8) is 0 Å². The molecule has 0 unspecified atom stereocenters. The molecule has 1 heterocycles. The lowest BCUT2D eigenvalue weighted by Crippen LogP contribution is -2.41. The second-order valence-corrected chi connectivity index (χ2v) is 7.68. The van der Waals surface area contributed by atoms with Crippen molar-refractivity contribution in [3.8, 4) is 0 Å². The van der Waals surface area contributed by atoms with E-state index in [-0.39, 0.29) is 24.3 Å². The molecule has 1 saturated heterocycles. The first-order valence-corrected chi connectivity index (χ1v) is 8.74. The molecule has 9 heteroatoms. The third kappa shape index (κ3) is 4.83. The maximum atomic E-state index is 13.2. The van der Waals surface area contributed by atoms with Crippen LogP contribution in [0.25, 0.3) is 6.08 Å². The second kappa shape index (κ2) is 7.71. The van der Waals surface area contributed by atoms with Gasteiger partial charge in [0, 0.05) is 19.0 Å². The van der Waals surface area contributed by atoms with Crippen LogP contribution in [-0.2, 0) is 20.3 Å². The van der Waals surface area contributed by atoms with E-state index in [9.17, 15) is 22.8 Å². The van der Waals surface area contributed by atoms with Crippen LogP contribution in [0.15, 0.2) is 23.7 Å². The number of carbonyl (C=O) groups is 2. The summed E-state index contributed by atoms with van der Waals surface area (Å²) >= 11 is 0. The van der Waals surface area contributed by atoms with Crippen LogP contribution in [-0.4, -0.2) is 37.1 Å². The number of hydrogen-bond donors (Lipinski definition) is 1. The number of amides is 1. The van der Waals surface area contributed by atoms with Gasteiger partial charge in [0.1, 0.15) is 0 Å². The van der Waals surface area contributed by atoms with Gasteiger partial charge in [-0.15, -0.1) is 0 Å². The zero-order valence-electron chi connectivity index (χ0n) is 16.4. The van der Waals surface area contributed by atoms with Gasteiger partial charge in [-0.1, -0.05) is 18.2 Å². The van der Waals surface area contributed by atoms with E-state index in [0.717, 1.165) is 12.1 Å². The van der Waals surface area contributed by atoms with Crippen molar-refractivity contribution >= 4 is 25.4 Å². The molecule has 1 fully saturated rings. The summed E-state index contributed by atoms with van der Waals surface area (Å²) in [4.78, 5) is 22.3. The molecule has 28 heavy (non-hydrogen) atoms. The molecular weight excluding hydrogens is 374 g/mol. The van der Waals surface area contributed by atoms with Crippen LogP contribution in [0.2, 0.25) is 0 Å². The van der Waals surface area contributed by atoms with E-state index in [1.807, 2.05) is 27.7 Å². The second-order valence-electron chi connectivity index (χ2n) is 7.68. The first kappa shape index (κ1) is 22.2. The van der Waals surface area contributed by atoms with Crippen molar-refractivity contribution in [1.29, 1.82) is 0 Å². The summed E-state index contributed by atoms with van der Waals surface area (Å²) in [7, 11) is -0.836. The van der Waals surface area contributed by atoms with Crippen molar-refractivity contribution in [2.24, 2.45) is 0 Å². The van der Waals surface area contributed by atoms with E-state index in [0.29, 0.717) is 5.47 Å². The molecule has 0 aliphatic carbocycles. The van der Waals surface area contributed by atoms with Gasteiger partial charge in [-0.25, -0.2) is 0 Å². The van der Waals surface area contributed by atoms with Gasteiger partial charge in [-0.05, 0) is 44.8 Å². The highest BCUT2D eigenvalue weighted by atomic mass is 19.4. The summed E-state index contributed by atoms with van der Waals surface area (Å²) in [6, 6.07) is 3.41. The Kier molecular flexibility index (Phi) is 6.11. The quantitative estimate of drug-likeness (QED) is 0.609. The molecule has 0 aromatic heterocycles. The average Bonchev–Trinajstić information content (AvgIpc) is 2.78. The predicted octanol–water partition coefficient (Wildman–Crippen LogP) is 3.67. The maximum absolute atomic E-state index is 13.2. The summed E-state index contributed by atoms with van der Waals surface area (Å²) in [5, 5.41) is 2.62. The Morgan fingerprint density at radius 1 is 1.18 bits per heavy atom. The normalized spacial score (nSPS) is 18.9. The number of alkyl halides is 3. The number of hydrogen-bond acceptors (Lipinski definition) is 4. The Morgan fingerprint density at radius 3 is 2.21 bits per heavy atom. The molecule has 1 amide bonds. The van der Waals surface area contributed by atoms with Crippen LogP contribution in [0, 0.1) is 0 Å². The van der Waals surface area contributed by atoms with Gasteiger partial charge in [-0.2, -0.15) is 13.2 Å². The topological polar surface area (TPSA) is 64.6 Å². The summed E-state index contributed by atoms with van der Waals surface area (Å²) in [6.07, 6.45) is -3.02. The number of aldehydes is 1. The molecular formula is C19H23BF3NO4. The summed E-state index contributed by atoms with van der Waals surface area (Å²) < 4.78 is 51.6. The van der Waals surface area contributed by atoms with Gasteiger partial charge in [0.05, 0.1) is 16.8 Å². The van der Waals surface area contributed by atoms with E-state index in [4.69, 9.17) is 9.31 Å². The lowest BCUT2D eigenvalue weighted by Gasteiger charge is -2.32. The minimum absolute atomic E-state index is 0.0446. The Labute approximate surface area is 162 Å². The summed E-state index contributed by atoms with van der Waals surface area (Å²) in [5.41, 5.74) is -2.08. The lowest BCUT2D eigenvalue weighted by molar-refractivity contribution is -0.137. The van der Waals surface area contributed by atoms with Crippen LogP contribution < -0.4 is 5.32 Å². The fourth-order valence-corrected chi connectivity index (χ4v) is 2.65. The molecule has 152 valence electrons. The molecule has 1 aromatic rings. The predicted molar refractivity (Wildman–Crippen MR) is 99.6 cm³/mol. The first-order valence-electron chi connectivity index (χ1n) is 8.74. The van der Waals surface area contributed by atoms with Crippen molar-refractivity contribution < 1.29 is 32.1 Å². The highest BCUT2D eigenvalue weighted by Crippen LogP contribution is 2.39. The van der Waals surface area contributed by atoms with E-state index >= 15 is 0 Å². The van der Waals surface area contributed by atoms with Crippen LogP contribution in [0.3, 0.4) is 0 Å². The molecule has 2 rings (SSSR count). The van der Waals surface area contributed by atoms with Crippen molar-refractivity contribution in [2.45, 2.75) is 52.0 Å². The smallest absolute Gasteiger partial charge is 0.400 e. The van der Waals surface area contributed by atoms with Crippen molar-refractivity contribution in [3.05, 3.63) is 40.4 Å². The molecule has 1 N–H and O–H groups in total. The molecule has 0 atom stereocenters. The zero-order chi connectivity index (χ0) is 21.3. The summed E-state index contributed by atoms with van der Waals surface area (Å²) in [6.45, 7) is 8.78. The van der Waals surface area contributed by atoms with Gasteiger partial charge in [0.2, 0.25) is 5.91 Å². The minimum atomic E-state index is -4.66. The van der Waals surface area contributed by atoms with E-state index in [1.165, 1.54) is 19.1 Å². The molecule has 0 spiro atoms. The zero-order valence-corrected chi connectivity index (χ0v) is 16.4. The number of rotatable bonds is 5. The van der Waals surface area contributed by atoms with Crippen LogP contribution >= 0.6 is 0 Å². The van der Waals surface area contributed by atoms with Gasteiger partial charge in [-0.3, -0.25) is 9.59 Å². The Bertz CT molecular complexity index is 787. The fourth-order valence-electron chi connectivity index (χ4n) is 2.65. The molecule has 0 bridgehead atoms. The molecule has 1 aliphatic rings. The molecule has 5 nitrogen and oxygen atoms in total. The van der Waals surface area contributed by atoms with Crippen LogP contribution in [0.1, 0.15) is 56.1 Å². The first-order chi connectivity index (χ1) is 12.8. The maximum Gasteiger partial charge on any atom is 0.492 e. The monoisotopic (exact) mass is 397 g/mol. The SMILES string of the molecule is CC(=O)NCC(=Cc1ccc(C=O)c(C(F)(F)F)c1)B1OC(C)(C)C(C)(C)O1. The van der Waals surface area contributed by atoms with Crippen molar-refractivity contribution in [2.75, 3.05) is 6.54 Å². The van der Waals surface area contributed by atoms with Crippen LogP contribution in [0.4, 0.5) is 13.2 Å². The molecule has 0 saturated carbocycles. The van der Waals surface area contributed by atoms with Crippen LogP contribution in [0.5, 0.6) is 0 Å². The summed E-state index contributed by atoms with van der Waals surface area (Å²) in [5.74, 6) is -0.297. The Hall–Kier alpha value is -2.13. The number of nitrogens with one attached hydrogen (secondary N) is 1. The van der Waals surface area contributed by atoms with Crippen molar-refractivity contribution in [1.82, 2.24) is 5.32 Å². The Balaban J connectivity index is 2.46. The molecule has 0 radical (unpaired) electrons. The van der Waals surface area contributed by atoms with Gasteiger partial charge >= 0.3 is 13.3 Å². The standard InChI is InChI=1S/C19H23BF3NO4/c1-12(26)24-10-15(20-27-17(2,3)18(4,5)28-20)8-13-6-7-14(11-25)16(9-13)19(21,22)23/h6-9,11H,10H2,1-5H3,(H,24,26). The fraction of sp³-hybridized carbons (Fsp3) is 0.474. The molecule has 1 aromatic carbocycles. The van der Waals surface area contributed by atoms with Gasteiger partial charge < -0.3 is 14.6 Å². The highest BCUT2D eigenvalue weighted by Gasteiger charge is 2.52. The van der Waals surface area contributed by atoms with E-state index in [2.05, 4.69) is 5.32 Å². The third-order valence-corrected chi connectivity index (χ3v) is 4.96. The van der Waals surface area contributed by atoms with Gasteiger partial charge in [0.25, 0.3) is 0 Å². The average molecular weight is 397 g/mol. The number of benzene rings is 1. The third-order valence-electron chi connectivity index (χ3n) is 4.96. The highest BCUT2D eigenvalue weighted by molar-refractivity contribution is 6.56. The molecule has 1 aliphatic heterocycles. The minimum Gasteiger partial charge on any atom is -0.400 e. The lowest BCUT2D eigenvalue weighted by atomic mass is 9.76. The Morgan fingerprint density at radius 2 is 1.75 bits per heavy atom. The number of halogens is 3. The number of carbonyl (C=O) groups excluding carboxylic acids is 2. The van der Waals surface area contributed by atoms with E-state index < -0.39 is 35.6 Å². The largest absolute Gasteiger partial charge is 0.492 e. The van der Waals surface area contributed by atoms with E-state index in [1.54, 1.807) is 0 Å². The van der Waals surface area contributed by atoms with Gasteiger partial charge in [0.15, 0.2) is 6.29 Å².